The summed E-state index contributed by atoms with van der Waals surface area (Å²) in [6, 6.07) is -0.238. The van der Waals surface area contributed by atoms with Crippen molar-refractivity contribution in [1.29, 1.82) is 0 Å². The zero-order valence-corrected chi connectivity index (χ0v) is 12.3. The molecule has 0 aliphatic carbocycles. The third-order valence-corrected chi connectivity index (χ3v) is 5.10. The number of amides is 1. The van der Waals surface area contributed by atoms with Crippen LogP contribution in [0.4, 0.5) is 0 Å². The maximum atomic E-state index is 12.6. The molecule has 1 aliphatic heterocycles. The number of hydrogen-bond acceptors (Lipinski definition) is 3. The van der Waals surface area contributed by atoms with Gasteiger partial charge in [-0.1, -0.05) is 0 Å². The molecule has 2 atom stereocenters. The summed E-state index contributed by atoms with van der Waals surface area (Å²) in [5, 5.41) is 11.1. The van der Waals surface area contributed by atoms with Crippen molar-refractivity contribution < 1.29 is 14.7 Å². The van der Waals surface area contributed by atoms with Crippen molar-refractivity contribution >= 4 is 23.2 Å². The van der Waals surface area contributed by atoms with Gasteiger partial charge in [0, 0.05) is 22.8 Å². The first-order valence-corrected chi connectivity index (χ1v) is 7.40. The van der Waals surface area contributed by atoms with E-state index in [1.807, 2.05) is 26.2 Å². The van der Waals surface area contributed by atoms with E-state index in [0.717, 1.165) is 22.4 Å². The fourth-order valence-electron chi connectivity index (χ4n) is 2.64. The molecule has 0 aromatic carbocycles. The minimum atomic E-state index is -0.803. The molecule has 0 bridgehead atoms. The molecular weight excluding hydrogens is 262 g/mol. The maximum Gasteiger partial charge on any atom is 0.308 e. The van der Waals surface area contributed by atoms with Gasteiger partial charge in [0.2, 0.25) is 0 Å². The average Bonchev–Trinajstić information content (AvgIpc) is 2.69. The van der Waals surface area contributed by atoms with E-state index in [-0.39, 0.29) is 11.9 Å². The highest BCUT2D eigenvalue weighted by Gasteiger charge is 2.36. The molecule has 4 nitrogen and oxygen atoms in total. The molecule has 1 amide bonds. The van der Waals surface area contributed by atoms with Crippen LogP contribution in [-0.4, -0.2) is 34.5 Å². The van der Waals surface area contributed by atoms with Crippen LogP contribution in [0.15, 0.2) is 5.38 Å². The average molecular weight is 281 g/mol. The lowest BCUT2D eigenvalue weighted by Gasteiger charge is -2.37. The van der Waals surface area contributed by atoms with Gasteiger partial charge in [-0.2, -0.15) is 0 Å². The molecule has 2 rings (SSSR count). The van der Waals surface area contributed by atoms with E-state index < -0.39 is 11.9 Å². The van der Waals surface area contributed by atoms with Crippen LogP contribution in [0.5, 0.6) is 0 Å². The Hall–Kier alpha value is -1.36. The second kappa shape index (κ2) is 5.33. The molecule has 1 aromatic rings. The highest BCUT2D eigenvalue weighted by Crippen LogP contribution is 2.28. The number of piperidine rings is 1. The number of nitrogens with zero attached hydrogens (tertiary/aromatic N) is 1. The van der Waals surface area contributed by atoms with Crippen LogP contribution in [0.25, 0.3) is 0 Å². The monoisotopic (exact) mass is 281 g/mol. The number of carboxylic acid groups (broad SMARTS) is 1. The predicted octanol–water partition coefficient (Wildman–Crippen LogP) is 2.69. The van der Waals surface area contributed by atoms with E-state index in [0.29, 0.717) is 13.0 Å². The fourth-order valence-corrected chi connectivity index (χ4v) is 3.50. The van der Waals surface area contributed by atoms with Crippen molar-refractivity contribution in [3.63, 3.8) is 0 Å². The molecule has 1 aliphatic rings. The number of carbonyl (C=O) groups excluding carboxylic acids is 1. The molecule has 1 N–H and O–H groups in total. The van der Waals surface area contributed by atoms with Gasteiger partial charge >= 0.3 is 5.97 Å². The quantitative estimate of drug-likeness (QED) is 0.906. The van der Waals surface area contributed by atoms with Gasteiger partial charge in [0.15, 0.2) is 0 Å². The van der Waals surface area contributed by atoms with Gasteiger partial charge in [-0.05, 0) is 39.2 Å². The van der Waals surface area contributed by atoms with Gasteiger partial charge in [-0.25, -0.2) is 0 Å². The molecule has 1 saturated heterocycles. The van der Waals surface area contributed by atoms with E-state index in [1.54, 1.807) is 16.2 Å². The van der Waals surface area contributed by atoms with Crippen LogP contribution in [0, 0.1) is 19.8 Å². The van der Waals surface area contributed by atoms with Crippen LogP contribution in [0.2, 0.25) is 0 Å². The summed E-state index contributed by atoms with van der Waals surface area (Å²) in [5.74, 6) is -1.28. The molecule has 0 unspecified atom stereocenters. The van der Waals surface area contributed by atoms with E-state index in [4.69, 9.17) is 0 Å². The number of aliphatic carboxylic acids is 1. The van der Waals surface area contributed by atoms with Gasteiger partial charge in [0.25, 0.3) is 5.91 Å². The minimum absolute atomic E-state index is 0.0275. The smallest absolute Gasteiger partial charge is 0.308 e. The zero-order chi connectivity index (χ0) is 14.2. The van der Waals surface area contributed by atoms with Crippen molar-refractivity contribution in [3.05, 3.63) is 21.4 Å². The Morgan fingerprint density at radius 1 is 1.42 bits per heavy atom. The van der Waals surface area contributed by atoms with Crippen LogP contribution < -0.4 is 0 Å². The normalized spacial score (nSPS) is 23.4. The lowest BCUT2D eigenvalue weighted by atomic mass is 9.90. The summed E-state index contributed by atoms with van der Waals surface area (Å²) >= 11 is 1.57. The van der Waals surface area contributed by atoms with E-state index in [2.05, 4.69) is 0 Å². The summed E-state index contributed by atoms with van der Waals surface area (Å²) in [6.07, 6.45) is 1.41. The molecule has 2 heterocycles. The zero-order valence-electron chi connectivity index (χ0n) is 11.5. The number of rotatable bonds is 2. The van der Waals surface area contributed by atoms with Gasteiger partial charge in [0.1, 0.15) is 0 Å². The highest BCUT2D eigenvalue weighted by molar-refractivity contribution is 7.10. The fraction of sp³-hybridized carbons (Fsp3) is 0.571. The topological polar surface area (TPSA) is 57.6 Å². The first-order valence-electron chi connectivity index (χ1n) is 6.52. The van der Waals surface area contributed by atoms with Crippen LogP contribution in [0.3, 0.4) is 0 Å². The Morgan fingerprint density at radius 3 is 2.63 bits per heavy atom. The Balaban J connectivity index is 2.23. The largest absolute Gasteiger partial charge is 0.481 e. The third kappa shape index (κ3) is 2.52. The van der Waals surface area contributed by atoms with E-state index in [1.165, 1.54) is 0 Å². The van der Waals surface area contributed by atoms with E-state index >= 15 is 0 Å². The SMILES string of the molecule is Cc1scc(C(=O)N2CCC[C@@H](C(=O)O)[C@H]2C)c1C. The van der Waals surface area contributed by atoms with Crippen LogP contribution >= 0.6 is 11.3 Å². The van der Waals surface area contributed by atoms with Crippen molar-refractivity contribution in [3.8, 4) is 0 Å². The Kier molecular flexibility index (Phi) is 3.94. The lowest BCUT2D eigenvalue weighted by molar-refractivity contribution is -0.144. The highest BCUT2D eigenvalue weighted by atomic mass is 32.1. The summed E-state index contributed by atoms with van der Waals surface area (Å²) in [7, 11) is 0. The number of likely N-dealkylation sites (tertiary alicyclic amines) is 1. The molecule has 0 radical (unpaired) electrons. The predicted molar refractivity (Wildman–Crippen MR) is 74.7 cm³/mol. The van der Waals surface area contributed by atoms with Crippen molar-refractivity contribution in [2.45, 2.75) is 39.7 Å². The van der Waals surface area contributed by atoms with Crippen molar-refractivity contribution in [2.24, 2.45) is 5.92 Å². The number of carboxylic acids is 1. The molecule has 1 aromatic heterocycles. The number of thiophene rings is 1. The van der Waals surface area contributed by atoms with E-state index in [9.17, 15) is 14.7 Å². The Bertz CT molecular complexity index is 509. The standard InChI is InChI=1S/C14H19NO3S/c1-8-10(3)19-7-12(8)13(16)15-6-4-5-11(9(15)2)14(17)18/h7,9,11H,4-6H2,1-3H3,(H,17,18)/t9-,11-/m1/s1. The van der Waals surface area contributed by atoms with Crippen LogP contribution in [0.1, 0.15) is 40.6 Å². The van der Waals surface area contributed by atoms with Crippen molar-refractivity contribution in [1.82, 2.24) is 4.90 Å². The lowest BCUT2D eigenvalue weighted by Crippen LogP contribution is -2.49. The Labute approximate surface area is 117 Å². The number of carbonyl (C=O) groups is 2. The molecule has 0 spiro atoms. The molecule has 1 fully saturated rings. The minimum Gasteiger partial charge on any atom is -0.481 e. The number of aryl methyl sites for hydroxylation is 1. The summed E-state index contributed by atoms with van der Waals surface area (Å²) < 4.78 is 0. The third-order valence-electron chi connectivity index (χ3n) is 4.08. The summed E-state index contributed by atoms with van der Waals surface area (Å²) in [4.78, 5) is 26.6. The van der Waals surface area contributed by atoms with Gasteiger partial charge in [-0.15, -0.1) is 11.3 Å². The molecule has 5 heteroatoms. The number of hydrogen-bond donors (Lipinski definition) is 1. The summed E-state index contributed by atoms with van der Waals surface area (Å²) in [6.45, 7) is 6.43. The first-order chi connectivity index (χ1) is 8.93. The second-order valence-corrected chi connectivity index (χ2v) is 6.24. The molecular formula is C14H19NO3S. The second-order valence-electron chi connectivity index (χ2n) is 5.16. The van der Waals surface area contributed by atoms with Gasteiger partial charge in [0.05, 0.1) is 11.5 Å². The molecule has 19 heavy (non-hydrogen) atoms. The molecule has 104 valence electrons. The van der Waals surface area contributed by atoms with Gasteiger partial charge in [-0.3, -0.25) is 9.59 Å². The van der Waals surface area contributed by atoms with Crippen LogP contribution in [-0.2, 0) is 4.79 Å². The van der Waals surface area contributed by atoms with Gasteiger partial charge < -0.3 is 10.0 Å². The molecule has 0 saturated carbocycles. The maximum absolute atomic E-state index is 12.6. The Morgan fingerprint density at radius 2 is 2.11 bits per heavy atom. The summed E-state index contributed by atoms with van der Waals surface area (Å²) in [5.41, 5.74) is 1.74. The first kappa shape index (κ1) is 14.1. The van der Waals surface area contributed by atoms with Crippen molar-refractivity contribution in [2.75, 3.05) is 6.54 Å².